The van der Waals surface area contributed by atoms with Crippen molar-refractivity contribution in [2.75, 3.05) is 31.5 Å². The van der Waals surface area contributed by atoms with Gasteiger partial charge in [0, 0.05) is 38.9 Å². The lowest BCUT2D eigenvalue weighted by Crippen LogP contribution is -2.49. The third kappa shape index (κ3) is 4.17. The molecule has 1 fully saturated rings. The van der Waals surface area contributed by atoms with E-state index in [4.69, 9.17) is 23.2 Å². The predicted octanol–water partition coefficient (Wildman–Crippen LogP) is 3.74. The molecule has 1 aromatic heterocycles. The zero-order valence-corrected chi connectivity index (χ0v) is 14.6. The van der Waals surface area contributed by atoms with E-state index in [2.05, 4.69) is 15.2 Å². The standard InChI is InChI=1S/C17H18Cl2N4O/c18-14-5-3-6-15(19)16(14)21-17(24)23-10-8-22(9-11-23)12-13-4-1-2-7-20-13/h1-7H,8-12H2,(H,21,24). The van der Waals surface area contributed by atoms with Gasteiger partial charge in [-0.2, -0.15) is 0 Å². The second-order valence-electron chi connectivity index (χ2n) is 5.61. The van der Waals surface area contributed by atoms with Gasteiger partial charge >= 0.3 is 6.03 Å². The lowest BCUT2D eigenvalue weighted by molar-refractivity contribution is 0.142. The van der Waals surface area contributed by atoms with Gasteiger partial charge in [0.2, 0.25) is 0 Å². The number of amides is 2. The highest BCUT2D eigenvalue weighted by Crippen LogP contribution is 2.30. The van der Waals surface area contributed by atoms with Crippen molar-refractivity contribution >= 4 is 34.9 Å². The zero-order valence-electron chi connectivity index (χ0n) is 13.1. The highest BCUT2D eigenvalue weighted by molar-refractivity contribution is 6.39. The number of carbonyl (C=O) groups is 1. The summed E-state index contributed by atoms with van der Waals surface area (Å²) in [6.45, 7) is 3.72. The number of nitrogens with one attached hydrogen (secondary N) is 1. The van der Waals surface area contributed by atoms with E-state index in [1.807, 2.05) is 18.2 Å². The van der Waals surface area contributed by atoms with Gasteiger partial charge < -0.3 is 10.2 Å². The van der Waals surface area contributed by atoms with E-state index in [9.17, 15) is 4.79 Å². The van der Waals surface area contributed by atoms with Crippen molar-refractivity contribution in [2.24, 2.45) is 0 Å². The predicted molar refractivity (Wildman–Crippen MR) is 96.6 cm³/mol. The van der Waals surface area contributed by atoms with Crippen LogP contribution >= 0.6 is 23.2 Å². The molecule has 5 nitrogen and oxygen atoms in total. The minimum atomic E-state index is -0.178. The minimum absolute atomic E-state index is 0.178. The topological polar surface area (TPSA) is 48.5 Å². The highest BCUT2D eigenvalue weighted by Gasteiger charge is 2.22. The fourth-order valence-corrected chi connectivity index (χ4v) is 3.12. The van der Waals surface area contributed by atoms with Gasteiger partial charge in [-0.3, -0.25) is 9.88 Å². The molecular formula is C17H18Cl2N4O. The molecule has 126 valence electrons. The van der Waals surface area contributed by atoms with Crippen LogP contribution in [0.5, 0.6) is 0 Å². The molecule has 0 unspecified atom stereocenters. The van der Waals surface area contributed by atoms with Gasteiger partial charge in [-0.25, -0.2) is 4.79 Å². The van der Waals surface area contributed by atoms with Crippen molar-refractivity contribution in [3.63, 3.8) is 0 Å². The summed E-state index contributed by atoms with van der Waals surface area (Å²) in [5.41, 5.74) is 1.50. The lowest BCUT2D eigenvalue weighted by atomic mass is 10.2. The van der Waals surface area contributed by atoms with Gasteiger partial charge in [0.15, 0.2) is 0 Å². The van der Waals surface area contributed by atoms with Crippen LogP contribution in [0.15, 0.2) is 42.6 Å². The maximum atomic E-state index is 12.4. The number of rotatable bonds is 3. The van der Waals surface area contributed by atoms with Gasteiger partial charge in [0.25, 0.3) is 0 Å². The number of urea groups is 1. The van der Waals surface area contributed by atoms with E-state index in [0.717, 1.165) is 25.3 Å². The molecule has 1 aliphatic heterocycles. The molecule has 3 rings (SSSR count). The smallest absolute Gasteiger partial charge is 0.322 e. The summed E-state index contributed by atoms with van der Waals surface area (Å²) in [4.78, 5) is 20.8. The third-order valence-corrected chi connectivity index (χ3v) is 4.60. The number of para-hydroxylation sites is 1. The molecule has 2 amide bonds. The van der Waals surface area contributed by atoms with Crippen molar-refractivity contribution < 1.29 is 4.79 Å². The Morgan fingerprint density at radius 2 is 1.75 bits per heavy atom. The van der Waals surface area contributed by atoms with Gasteiger partial charge in [0.05, 0.1) is 21.4 Å². The summed E-state index contributed by atoms with van der Waals surface area (Å²) in [5, 5.41) is 3.67. The van der Waals surface area contributed by atoms with Crippen LogP contribution in [0.4, 0.5) is 10.5 Å². The van der Waals surface area contributed by atoms with E-state index < -0.39 is 0 Å². The number of piperazine rings is 1. The van der Waals surface area contributed by atoms with Crippen molar-refractivity contribution in [3.05, 3.63) is 58.3 Å². The molecule has 24 heavy (non-hydrogen) atoms. The van der Waals surface area contributed by atoms with Crippen LogP contribution in [0.1, 0.15) is 5.69 Å². The summed E-state index contributed by atoms with van der Waals surface area (Å²) < 4.78 is 0. The van der Waals surface area contributed by atoms with Crippen LogP contribution in [0.2, 0.25) is 10.0 Å². The average molecular weight is 365 g/mol. The Morgan fingerprint density at radius 1 is 1.04 bits per heavy atom. The van der Waals surface area contributed by atoms with Crippen molar-refractivity contribution in [1.82, 2.24) is 14.8 Å². The number of anilines is 1. The molecule has 0 spiro atoms. The fraction of sp³-hybridized carbons (Fsp3) is 0.294. The number of hydrogen-bond acceptors (Lipinski definition) is 3. The number of carbonyl (C=O) groups excluding carboxylic acids is 1. The molecule has 0 atom stereocenters. The molecule has 0 bridgehead atoms. The van der Waals surface area contributed by atoms with Gasteiger partial charge in [-0.1, -0.05) is 35.3 Å². The molecule has 0 saturated carbocycles. The van der Waals surface area contributed by atoms with E-state index in [-0.39, 0.29) is 6.03 Å². The lowest BCUT2D eigenvalue weighted by Gasteiger charge is -2.34. The van der Waals surface area contributed by atoms with Crippen LogP contribution in [0, 0.1) is 0 Å². The first-order chi connectivity index (χ1) is 11.6. The van der Waals surface area contributed by atoms with Crippen molar-refractivity contribution in [1.29, 1.82) is 0 Å². The number of pyridine rings is 1. The Kier molecular flexibility index (Phi) is 5.56. The van der Waals surface area contributed by atoms with Crippen LogP contribution in [-0.4, -0.2) is 47.0 Å². The molecule has 0 radical (unpaired) electrons. The van der Waals surface area contributed by atoms with E-state index in [1.165, 1.54) is 0 Å². The normalized spacial score (nSPS) is 15.3. The highest BCUT2D eigenvalue weighted by atomic mass is 35.5. The second-order valence-corrected chi connectivity index (χ2v) is 6.43. The number of aromatic nitrogens is 1. The Bertz CT molecular complexity index is 683. The van der Waals surface area contributed by atoms with E-state index in [1.54, 1.807) is 29.3 Å². The second kappa shape index (κ2) is 7.83. The van der Waals surface area contributed by atoms with Crippen LogP contribution in [0.25, 0.3) is 0 Å². The van der Waals surface area contributed by atoms with Crippen molar-refractivity contribution in [2.45, 2.75) is 6.54 Å². The van der Waals surface area contributed by atoms with E-state index in [0.29, 0.717) is 28.8 Å². The Balaban J connectivity index is 1.54. The fourth-order valence-electron chi connectivity index (χ4n) is 2.63. The Hall–Kier alpha value is -1.82. The molecule has 1 saturated heterocycles. The van der Waals surface area contributed by atoms with Gasteiger partial charge in [-0.05, 0) is 24.3 Å². The molecule has 0 aliphatic carbocycles. The maximum Gasteiger partial charge on any atom is 0.322 e. The first kappa shape index (κ1) is 17.0. The first-order valence-corrected chi connectivity index (χ1v) is 8.51. The average Bonchev–Trinajstić information content (AvgIpc) is 2.60. The summed E-state index contributed by atoms with van der Waals surface area (Å²) >= 11 is 12.2. The SMILES string of the molecule is O=C(Nc1c(Cl)cccc1Cl)N1CCN(Cc2ccccn2)CC1. The number of nitrogens with zero attached hydrogens (tertiary/aromatic N) is 3. The number of halogens is 2. The third-order valence-electron chi connectivity index (χ3n) is 3.97. The minimum Gasteiger partial charge on any atom is -0.322 e. The molecule has 1 N–H and O–H groups in total. The summed E-state index contributed by atoms with van der Waals surface area (Å²) in [5.74, 6) is 0. The molecular weight excluding hydrogens is 347 g/mol. The van der Waals surface area contributed by atoms with Crippen LogP contribution in [-0.2, 0) is 6.54 Å². The molecule has 1 aliphatic rings. The Morgan fingerprint density at radius 3 is 2.38 bits per heavy atom. The monoisotopic (exact) mass is 364 g/mol. The maximum absolute atomic E-state index is 12.4. The number of hydrogen-bond donors (Lipinski definition) is 1. The first-order valence-electron chi connectivity index (χ1n) is 7.75. The molecule has 7 heteroatoms. The number of benzene rings is 1. The Labute approximate surface area is 151 Å². The summed E-state index contributed by atoms with van der Waals surface area (Å²) in [7, 11) is 0. The summed E-state index contributed by atoms with van der Waals surface area (Å²) in [6, 6.07) is 10.9. The van der Waals surface area contributed by atoms with E-state index >= 15 is 0 Å². The summed E-state index contributed by atoms with van der Waals surface area (Å²) in [6.07, 6.45) is 1.80. The largest absolute Gasteiger partial charge is 0.322 e. The quantitative estimate of drug-likeness (QED) is 0.902. The van der Waals surface area contributed by atoms with Gasteiger partial charge in [-0.15, -0.1) is 0 Å². The molecule has 2 heterocycles. The van der Waals surface area contributed by atoms with Crippen LogP contribution in [0.3, 0.4) is 0 Å². The van der Waals surface area contributed by atoms with Crippen molar-refractivity contribution in [3.8, 4) is 0 Å². The van der Waals surface area contributed by atoms with Crippen LogP contribution < -0.4 is 5.32 Å². The molecule has 2 aromatic rings. The zero-order chi connectivity index (χ0) is 16.9. The van der Waals surface area contributed by atoms with Gasteiger partial charge in [0.1, 0.15) is 0 Å². The molecule has 1 aromatic carbocycles.